The predicted octanol–water partition coefficient (Wildman–Crippen LogP) is 2.79. The summed E-state index contributed by atoms with van der Waals surface area (Å²) in [6, 6.07) is 0. The van der Waals surface area contributed by atoms with Gasteiger partial charge in [-0.05, 0) is 19.1 Å². The first-order valence-corrected chi connectivity index (χ1v) is 4.89. The van der Waals surface area contributed by atoms with Crippen LogP contribution >= 0.6 is 23.2 Å². The highest BCUT2D eigenvalue weighted by molar-refractivity contribution is 6.48. The van der Waals surface area contributed by atoms with Gasteiger partial charge in [0, 0.05) is 16.8 Å². The number of carbonyl (C=O) groups excluding carboxylic acids is 1. The molecule has 14 heavy (non-hydrogen) atoms. The van der Waals surface area contributed by atoms with Crippen LogP contribution in [-0.4, -0.2) is 11.5 Å². The summed E-state index contributed by atoms with van der Waals surface area (Å²) >= 11 is 11.7. The molecule has 4 heteroatoms. The van der Waals surface area contributed by atoms with Gasteiger partial charge >= 0.3 is 0 Å². The molecule has 1 aliphatic heterocycles. The van der Waals surface area contributed by atoms with Crippen LogP contribution in [0.15, 0.2) is 39.0 Å². The molecule has 72 valence electrons. The molecule has 0 aromatic carbocycles. The van der Waals surface area contributed by atoms with E-state index >= 15 is 0 Å². The number of rotatable bonds is 0. The van der Waals surface area contributed by atoms with Crippen LogP contribution in [0, 0.1) is 5.92 Å². The zero-order valence-electron chi connectivity index (χ0n) is 7.42. The van der Waals surface area contributed by atoms with E-state index in [0.717, 1.165) is 0 Å². The number of hydrogen-bond acceptors (Lipinski definition) is 2. The summed E-state index contributed by atoms with van der Waals surface area (Å²) in [5.41, 5.74) is 1.28. The molecular weight excluding hydrogens is 221 g/mol. The van der Waals surface area contributed by atoms with Gasteiger partial charge in [0.1, 0.15) is 0 Å². The zero-order chi connectivity index (χ0) is 10.3. The molecule has 1 atom stereocenters. The van der Waals surface area contributed by atoms with E-state index in [1.54, 1.807) is 19.1 Å². The van der Waals surface area contributed by atoms with Crippen molar-refractivity contribution >= 4 is 34.7 Å². The van der Waals surface area contributed by atoms with Crippen LogP contribution in [0.5, 0.6) is 0 Å². The maximum Gasteiger partial charge on any atom is 0.170 e. The third-order valence-corrected chi connectivity index (χ3v) is 2.62. The lowest BCUT2D eigenvalue weighted by Gasteiger charge is -2.20. The Kier molecular flexibility index (Phi) is 2.33. The van der Waals surface area contributed by atoms with Crippen LogP contribution in [0.2, 0.25) is 0 Å². The predicted molar refractivity (Wildman–Crippen MR) is 57.6 cm³/mol. The van der Waals surface area contributed by atoms with E-state index in [2.05, 4.69) is 4.99 Å². The Balaban J connectivity index is 2.52. The molecule has 2 rings (SSSR count). The van der Waals surface area contributed by atoms with Crippen LogP contribution in [0.25, 0.3) is 0 Å². The average Bonchev–Trinajstić information content (AvgIpc) is 2.07. The second-order valence-electron chi connectivity index (χ2n) is 3.21. The monoisotopic (exact) mass is 227 g/mol. The number of ketones is 1. The highest BCUT2D eigenvalue weighted by Crippen LogP contribution is 2.29. The number of aliphatic imine (C=N–C) groups is 1. The summed E-state index contributed by atoms with van der Waals surface area (Å²) in [5.74, 6) is -0.416. The van der Waals surface area contributed by atoms with Gasteiger partial charge in [0.2, 0.25) is 0 Å². The standard InChI is InChI=1S/C10H7Cl2NO/c1-5-2-9(14)7-3-6(11)4-8(12)10(7)13-5/h2-4,7H,1H3. The molecule has 1 heterocycles. The minimum Gasteiger partial charge on any atom is -0.294 e. The molecule has 0 radical (unpaired) electrons. The molecular formula is C10H7Cl2NO. The first kappa shape index (κ1) is 9.69. The summed E-state index contributed by atoms with van der Waals surface area (Å²) < 4.78 is 0. The Hall–Kier alpha value is -0.860. The fourth-order valence-electron chi connectivity index (χ4n) is 1.49. The van der Waals surface area contributed by atoms with Crippen molar-refractivity contribution in [3.05, 3.63) is 34.0 Å². The SMILES string of the molecule is CC1=CC(=O)C2C=C(Cl)C=C(Cl)C2=N1. The van der Waals surface area contributed by atoms with Crippen molar-refractivity contribution in [1.82, 2.24) is 0 Å². The molecule has 2 aliphatic rings. The van der Waals surface area contributed by atoms with Crippen LogP contribution in [0.3, 0.4) is 0 Å². The first-order chi connectivity index (χ1) is 6.58. The van der Waals surface area contributed by atoms with Gasteiger partial charge in [-0.1, -0.05) is 23.2 Å². The lowest BCUT2D eigenvalue weighted by molar-refractivity contribution is -0.115. The molecule has 0 saturated carbocycles. The number of halogens is 2. The average molecular weight is 228 g/mol. The van der Waals surface area contributed by atoms with E-state index in [4.69, 9.17) is 23.2 Å². The van der Waals surface area contributed by atoms with E-state index in [9.17, 15) is 4.79 Å². The van der Waals surface area contributed by atoms with Crippen LogP contribution in [0.4, 0.5) is 0 Å². The molecule has 0 spiro atoms. The van der Waals surface area contributed by atoms with E-state index < -0.39 is 5.92 Å². The minimum absolute atomic E-state index is 0.0168. The van der Waals surface area contributed by atoms with Gasteiger partial charge in [0.15, 0.2) is 5.78 Å². The topological polar surface area (TPSA) is 29.4 Å². The number of carbonyl (C=O) groups is 1. The Labute approximate surface area is 91.6 Å². The third-order valence-electron chi connectivity index (χ3n) is 2.08. The first-order valence-electron chi connectivity index (χ1n) is 4.13. The lowest BCUT2D eigenvalue weighted by atomic mass is 9.91. The summed E-state index contributed by atoms with van der Waals surface area (Å²) in [5, 5.41) is 0.934. The summed E-state index contributed by atoms with van der Waals surface area (Å²) in [7, 11) is 0. The zero-order valence-corrected chi connectivity index (χ0v) is 8.93. The molecule has 0 saturated heterocycles. The third kappa shape index (κ3) is 1.56. The van der Waals surface area contributed by atoms with Crippen molar-refractivity contribution in [3.8, 4) is 0 Å². The van der Waals surface area contributed by atoms with Gasteiger partial charge in [-0.2, -0.15) is 0 Å². The Morgan fingerprint density at radius 3 is 2.79 bits per heavy atom. The van der Waals surface area contributed by atoms with Crippen molar-refractivity contribution in [3.63, 3.8) is 0 Å². The maximum atomic E-state index is 11.6. The Bertz CT molecular complexity index is 429. The summed E-state index contributed by atoms with van der Waals surface area (Å²) in [4.78, 5) is 15.8. The van der Waals surface area contributed by atoms with Crippen LogP contribution < -0.4 is 0 Å². The molecule has 0 aromatic rings. The minimum atomic E-state index is -0.399. The Morgan fingerprint density at radius 2 is 2.07 bits per heavy atom. The number of allylic oxidation sites excluding steroid dienone is 6. The second-order valence-corrected chi connectivity index (χ2v) is 4.05. The highest BCUT2D eigenvalue weighted by atomic mass is 35.5. The van der Waals surface area contributed by atoms with Crippen molar-refractivity contribution in [2.45, 2.75) is 6.92 Å². The van der Waals surface area contributed by atoms with Gasteiger partial charge in [0.25, 0.3) is 0 Å². The van der Waals surface area contributed by atoms with Crippen molar-refractivity contribution in [2.75, 3.05) is 0 Å². The van der Waals surface area contributed by atoms with Crippen molar-refractivity contribution in [2.24, 2.45) is 10.9 Å². The normalized spacial score (nSPS) is 25.9. The number of fused-ring (bicyclic) bond motifs is 1. The summed E-state index contributed by atoms with van der Waals surface area (Å²) in [6.07, 6.45) is 4.77. The van der Waals surface area contributed by atoms with Crippen LogP contribution in [0.1, 0.15) is 6.92 Å². The largest absolute Gasteiger partial charge is 0.294 e. The number of nitrogens with zero attached hydrogens (tertiary/aromatic N) is 1. The molecule has 2 nitrogen and oxygen atoms in total. The quantitative estimate of drug-likeness (QED) is 0.626. The van der Waals surface area contributed by atoms with Crippen molar-refractivity contribution in [1.29, 1.82) is 0 Å². The Morgan fingerprint density at radius 1 is 1.36 bits per heavy atom. The highest BCUT2D eigenvalue weighted by Gasteiger charge is 2.29. The number of hydrogen-bond donors (Lipinski definition) is 0. The fourth-order valence-corrected chi connectivity index (χ4v) is 2.06. The van der Waals surface area contributed by atoms with E-state index in [0.29, 0.717) is 21.5 Å². The van der Waals surface area contributed by atoms with E-state index in [-0.39, 0.29) is 5.78 Å². The molecule has 0 N–H and O–H groups in total. The van der Waals surface area contributed by atoms with Gasteiger partial charge in [-0.3, -0.25) is 9.79 Å². The molecule has 1 unspecified atom stereocenters. The van der Waals surface area contributed by atoms with E-state index in [1.165, 1.54) is 6.08 Å². The molecule has 0 bridgehead atoms. The lowest BCUT2D eigenvalue weighted by Crippen LogP contribution is -2.26. The van der Waals surface area contributed by atoms with Crippen LogP contribution in [-0.2, 0) is 4.79 Å². The van der Waals surface area contributed by atoms with Gasteiger partial charge < -0.3 is 0 Å². The summed E-state index contributed by atoms with van der Waals surface area (Å²) in [6.45, 7) is 1.77. The van der Waals surface area contributed by atoms with E-state index in [1.807, 2.05) is 0 Å². The van der Waals surface area contributed by atoms with Gasteiger partial charge in [0.05, 0.1) is 16.7 Å². The molecule has 1 aliphatic carbocycles. The fraction of sp³-hybridized carbons (Fsp3) is 0.200. The second kappa shape index (κ2) is 3.37. The van der Waals surface area contributed by atoms with Crippen molar-refractivity contribution < 1.29 is 4.79 Å². The van der Waals surface area contributed by atoms with Gasteiger partial charge in [-0.25, -0.2) is 0 Å². The molecule has 0 amide bonds. The molecule has 0 aromatic heterocycles. The van der Waals surface area contributed by atoms with Gasteiger partial charge in [-0.15, -0.1) is 0 Å². The smallest absolute Gasteiger partial charge is 0.170 e. The maximum absolute atomic E-state index is 11.6. The molecule has 0 fully saturated rings.